The molecule has 0 rings (SSSR count). The van der Waals surface area contributed by atoms with Crippen LogP contribution in [0.5, 0.6) is 0 Å². The highest BCUT2D eigenvalue weighted by molar-refractivity contribution is 5.68. The maximum Gasteiger partial charge on any atom is 0.379 e. The van der Waals surface area contributed by atoms with Crippen LogP contribution in [-0.4, -0.2) is 24.3 Å². The van der Waals surface area contributed by atoms with Crippen LogP contribution in [0.3, 0.4) is 0 Å². The molecule has 0 spiro atoms. The molecule has 0 heterocycles. The number of hydrogen-bond donors (Lipinski definition) is 2. The van der Waals surface area contributed by atoms with Gasteiger partial charge < -0.3 is 10.8 Å². The third kappa shape index (κ3) is 132. The van der Waals surface area contributed by atoms with Gasteiger partial charge in [0.05, 0.1) is 6.54 Å². The lowest BCUT2D eigenvalue weighted by molar-refractivity contribution is -0.135. The lowest BCUT2D eigenvalue weighted by Gasteiger charge is -1.73. The third-order valence-electron chi connectivity index (χ3n) is 0.175. The zero-order valence-electron chi connectivity index (χ0n) is 4.35. The van der Waals surface area contributed by atoms with E-state index in [0.717, 1.165) is 0 Å². The summed E-state index contributed by atoms with van der Waals surface area (Å²) in [5, 5.41) is 7.60. The van der Waals surface area contributed by atoms with Crippen molar-refractivity contribution in [3.8, 4) is 0 Å². The fourth-order valence-electron chi connectivity index (χ4n) is 0. The molecule has 6 heteroatoms. The second kappa shape index (κ2) is 7.22. The fraction of sp³-hybridized carbons (Fsp3) is 0.667. The number of carboxylic acid groups (broad SMARTS) is 1. The van der Waals surface area contributed by atoms with Gasteiger partial charge in [-0.2, -0.15) is 13.2 Å². The minimum Gasteiger partial charge on any atom is -0.480 e. The maximum atomic E-state index is 9.67. The van der Waals surface area contributed by atoms with Crippen LogP contribution in [0, 0.1) is 0 Å². The first-order valence-corrected chi connectivity index (χ1v) is 1.84. The van der Waals surface area contributed by atoms with Gasteiger partial charge in [-0.1, -0.05) is 0 Å². The Morgan fingerprint density at radius 1 is 1.56 bits per heavy atom. The van der Waals surface area contributed by atoms with E-state index in [-0.39, 0.29) is 6.54 Å². The van der Waals surface area contributed by atoms with Crippen LogP contribution in [-0.2, 0) is 4.79 Å². The van der Waals surface area contributed by atoms with Gasteiger partial charge in [0.25, 0.3) is 0 Å². The van der Waals surface area contributed by atoms with E-state index in [0.29, 0.717) is 0 Å². The Labute approximate surface area is 49.3 Å². The molecule has 0 saturated heterocycles. The van der Waals surface area contributed by atoms with Crippen molar-refractivity contribution in [1.82, 2.24) is 0 Å². The smallest absolute Gasteiger partial charge is 0.379 e. The molecule has 0 aliphatic carbocycles. The van der Waals surface area contributed by atoms with Crippen molar-refractivity contribution in [2.24, 2.45) is 5.73 Å². The first-order chi connectivity index (χ1) is 4.00. The topological polar surface area (TPSA) is 63.3 Å². The summed E-state index contributed by atoms with van der Waals surface area (Å²) in [6.45, 7) is -3.94. The van der Waals surface area contributed by atoms with Crippen LogP contribution in [0.25, 0.3) is 0 Å². The first-order valence-electron chi connectivity index (χ1n) is 1.84. The standard InChI is InChI=1S/C2H5NO2.CHF3/c3-1-2(4)5;2-1(3)4/h1,3H2,(H,4,5);1H. The van der Waals surface area contributed by atoms with E-state index >= 15 is 0 Å². The van der Waals surface area contributed by atoms with Gasteiger partial charge in [-0.05, 0) is 0 Å². The second-order valence-electron chi connectivity index (χ2n) is 0.845. The Morgan fingerprint density at radius 2 is 1.67 bits per heavy atom. The molecule has 0 atom stereocenters. The molecule has 0 aromatic rings. The highest BCUT2D eigenvalue weighted by atomic mass is 19.4. The normalized spacial score (nSPS) is 8.11. The van der Waals surface area contributed by atoms with Crippen LogP contribution in [0.2, 0.25) is 0 Å². The Morgan fingerprint density at radius 3 is 1.67 bits per heavy atom. The quantitative estimate of drug-likeness (QED) is 0.554. The van der Waals surface area contributed by atoms with Crippen molar-refractivity contribution >= 4 is 5.97 Å². The number of carbonyl (C=O) groups is 1. The Kier molecular flexibility index (Phi) is 8.89. The van der Waals surface area contributed by atoms with E-state index in [1.54, 1.807) is 0 Å². The summed E-state index contributed by atoms with van der Waals surface area (Å²) in [5.41, 5.74) is 4.57. The van der Waals surface area contributed by atoms with Crippen molar-refractivity contribution in [2.75, 3.05) is 6.54 Å². The van der Waals surface area contributed by atoms with Gasteiger partial charge >= 0.3 is 12.6 Å². The predicted octanol–water partition coefficient (Wildman–Crippen LogP) is 0.208. The summed E-state index contributed by atoms with van der Waals surface area (Å²) in [5.74, 6) is -0.968. The van der Waals surface area contributed by atoms with E-state index in [4.69, 9.17) is 5.11 Å². The first kappa shape index (κ1) is 11.1. The molecule has 0 bridgehead atoms. The second-order valence-corrected chi connectivity index (χ2v) is 0.845. The molecule has 0 fully saturated rings. The van der Waals surface area contributed by atoms with Crippen molar-refractivity contribution in [3.63, 3.8) is 0 Å². The number of rotatable bonds is 1. The fourth-order valence-corrected chi connectivity index (χ4v) is 0. The monoisotopic (exact) mass is 145 g/mol. The highest BCUT2D eigenvalue weighted by Gasteiger charge is 1.86. The number of carboxylic acids is 1. The molecule has 3 N–H and O–H groups in total. The van der Waals surface area contributed by atoms with Gasteiger partial charge in [0, 0.05) is 0 Å². The molecule has 0 saturated carbocycles. The van der Waals surface area contributed by atoms with Crippen LogP contribution in [0.4, 0.5) is 13.2 Å². The number of aliphatic carboxylic acids is 1. The SMILES string of the molecule is FC(F)F.NCC(=O)O. The van der Waals surface area contributed by atoms with E-state index in [9.17, 15) is 18.0 Å². The molecule has 0 aliphatic heterocycles. The average Bonchev–Trinajstić information content (AvgIpc) is 1.65. The molecule has 0 aromatic heterocycles. The summed E-state index contributed by atoms with van der Waals surface area (Å²) < 4.78 is 29.0. The van der Waals surface area contributed by atoms with E-state index in [1.807, 2.05) is 0 Å². The van der Waals surface area contributed by atoms with Gasteiger partial charge in [-0.25, -0.2) is 0 Å². The van der Waals surface area contributed by atoms with E-state index in [2.05, 4.69) is 5.73 Å². The van der Waals surface area contributed by atoms with Crippen molar-refractivity contribution in [3.05, 3.63) is 0 Å². The highest BCUT2D eigenvalue weighted by Crippen LogP contribution is 1.87. The minimum absolute atomic E-state index is 0.278. The molecule has 0 aliphatic rings. The van der Waals surface area contributed by atoms with Crippen molar-refractivity contribution in [1.29, 1.82) is 0 Å². The lowest BCUT2D eigenvalue weighted by Crippen LogP contribution is -2.10. The number of hydrogen-bond acceptors (Lipinski definition) is 2. The third-order valence-corrected chi connectivity index (χ3v) is 0.175. The number of alkyl halides is 3. The summed E-state index contributed by atoms with van der Waals surface area (Å²) in [7, 11) is 0. The van der Waals surface area contributed by atoms with Crippen LogP contribution >= 0.6 is 0 Å². The van der Waals surface area contributed by atoms with Crippen LogP contribution in [0.1, 0.15) is 0 Å². The van der Waals surface area contributed by atoms with Crippen LogP contribution in [0.15, 0.2) is 0 Å². The van der Waals surface area contributed by atoms with Gasteiger partial charge in [0.15, 0.2) is 0 Å². The largest absolute Gasteiger partial charge is 0.480 e. The van der Waals surface area contributed by atoms with E-state index < -0.39 is 12.6 Å². The predicted molar refractivity (Wildman–Crippen MR) is 23.8 cm³/mol. The lowest BCUT2D eigenvalue weighted by atomic mass is 10.7. The van der Waals surface area contributed by atoms with Crippen molar-refractivity contribution < 1.29 is 23.1 Å². The van der Waals surface area contributed by atoms with Gasteiger partial charge in [-0.3, -0.25) is 4.79 Å². The minimum atomic E-state index is -3.67. The summed E-state index contributed by atoms with van der Waals surface area (Å²) in [6, 6.07) is 0. The summed E-state index contributed by atoms with van der Waals surface area (Å²) >= 11 is 0. The molecule has 9 heavy (non-hydrogen) atoms. The molecule has 0 radical (unpaired) electrons. The molecule has 3 nitrogen and oxygen atoms in total. The molecule has 56 valence electrons. The molecule has 0 aromatic carbocycles. The number of halogens is 3. The molecular weight excluding hydrogens is 139 g/mol. The van der Waals surface area contributed by atoms with Crippen molar-refractivity contribution in [2.45, 2.75) is 6.68 Å². The van der Waals surface area contributed by atoms with E-state index in [1.165, 1.54) is 0 Å². The summed E-state index contributed by atoms with van der Waals surface area (Å²) in [4.78, 5) is 9.24. The Hall–Kier alpha value is -0.780. The molecule has 0 unspecified atom stereocenters. The Balaban J connectivity index is 0. The average molecular weight is 145 g/mol. The summed E-state index contributed by atoms with van der Waals surface area (Å²) in [6.07, 6.45) is 0. The van der Waals surface area contributed by atoms with Gasteiger partial charge in [0.1, 0.15) is 0 Å². The zero-order chi connectivity index (χ0) is 7.86. The Bertz CT molecular complexity index is 74.7. The van der Waals surface area contributed by atoms with Gasteiger partial charge in [-0.15, -0.1) is 0 Å². The molecule has 0 amide bonds. The number of nitrogens with two attached hydrogens (primary N) is 1. The van der Waals surface area contributed by atoms with Gasteiger partial charge in [0.2, 0.25) is 0 Å². The maximum absolute atomic E-state index is 9.67. The zero-order valence-corrected chi connectivity index (χ0v) is 4.35. The molecular formula is C3H6F3NO2. The van der Waals surface area contributed by atoms with Crippen LogP contribution < -0.4 is 5.73 Å².